The largest absolute Gasteiger partial charge is 0.325 e. The van der Waals surface area contributed by atoms with Crippen molar-refractivity contribution in [2.45, 2.75) is 26.1 Å². The van der Waals surface area contributed by atoms with Crippen molar-refractivity contribution in [1.82, 2.24) is 4.90 Å². The van der Waals surface area contributed by atoms with Gasteiger partial charge in [-0.3, -0.25) is 9.69 Å². The summed E-state index contributed by atoms with van der Waals surface area (Å²) in [5.74, 6) is 3.84. The smallest absolute Gasteiger partial charge is 0.234 e. The Morgan fingerprint density at radius 3 is 2.70 bits per heavy atom. The molecule has 5 heteroatoms. The van der Waals surface area contributed by atoms with Crippen LogP contribution in [-0.4, -0.2) is 41.2 Å². The third-order valence-electron chi connectivity index (χ3n) is 4.67. The van der Waals surface area contributed by atoms with Gasteiger partial charge in [0.2, 0.25) is 5.91 Å². The van der Waals surface area contributed by atoms with Crippen molar-refractivity contribution >= 4 is 35.1 Å². The quantitative estimate of drug-likeness (QED) is 0.729. The standard InChI is InChI=1S/C22H28N2OS2/c1-17-4-3-5-20(12-17)15-27-16-22(25)23-21-13-19(7-6-18(21)2)14-24-8-10-26-11-9-24/h3-7,12-13H,8-11,14-16H2,1-2H3,(H,23,25). The third kappa shape index (κ3) is 6.59. The van der Waals surface area contributed by atoms with Crippen LogP contribution in [0.15, 0.2) is 42.5 Å². The molecule has 2 aromatic rings. The van der Waals surface area contributed by atoms with Crippen LogP contribution >= 0.6 is 23.5 Å². The van der Waals surface area contributed by atoms with Crippen LogP contribution in [0.2, 0.25) is 0 Å². The van der Waals surface area contributed by atoms with Crippen molar-refractivity contribution in [3.05, 3.63) is 64.7 Å². The van der Waals surface area contributed by atoms with E-state index in [1.165, 1.54) is 28.2 Å². The molecule has 1 heterocycles. The Morgan fingerprint density at radius 1 is 1.11 bits per heavy atom. The molecule has 1 N–H and O–H groups in total. The predicted molar refractivity (Wildman–Crippen MR) is 120 cm³/mol. The monoisotopic (exact) mass is 400 g/mol. The maximum Gasteiger partial charge on any atom is 0.234 e. The summed E-state index contributed by atoms with van der Waals surface area (Å²) in [6, 6.07) is 14.9. The van der Waals surface area contributed by atoms with Crippen LogP contribution in [0.5, 0.6) is 0 Å². The number of anilines is 1. The van der Waals surface area contributed by atoms with Gasteiger partial charge in [-0.05, 0) is 36.6 Å². The summed E-state index contributed by atoms with van der Waals surface area (Å²) in [5.41, 5.74) is 5.86. The number of amides is 1. The van der Waals surface area contributed by atoms with E-state index >= 15 is 0 Å². The lowest BCUT2D eigenvalue weighted by molar-refractivity contribution is -0.113. The molecular weight excluding hydrogens is 372 g/mol. The van der Waals surface area contributed by atoms with Gasteiger partial charge in [-0.15, -0.1) is 11.8 Å². The van der Waals surface area contributed by atoms with Gasteiger partial charge < -0.3 is 5.32 Å². The van der Waals surface area contributed by atoms with Gasteiger partial charge in [0.05, 0.1) is 5.75 Å². The number of hydrogen-bond donors (Lipinski definition) is 1. The lowest BCUT2D eigenvalue weighted by Crippen LogP contribution is -2.32. The molecule has 1 saturated heterocycles. The van der Waals surface area contributed by atoms with Crippen LogP contribution in [-0.2, 0) is 17.1 Å². The zero-order chi connectivity index (χ0) is 19.1. The second-order valence-corrected chi connectivity index (χ2v) is 9.28. The lowest BCUT2D eigenvalue weighted by atomic mass is 10.1. The van der Waals surface area contributed by atoms with Crippen molar-refractivity contribution in [2.24, 2.45) is 0 Å². The van der Waals surface area contributed by atoms with Crippen molar-refractivity contribution in [1.29, 1.82) is 0 Å². The van der Waals surface area contributed by atoms with Crippen LogP contribution < -0.4 is 5.32 Å². The topological polar surface area (TPSA) is 32.3 Å². The van der Waals surface area contributed by atoms with Gasteiger partial charge in [0.1, 0.15) is 0 Å². The van der Waals surface area contributed by atoms with Crippen LogP contribution in [0.4, 0.5) is 5.69 Å². The minimum atomic E-state index is 0.0716. The number of hydrogen-bond acceptors (Lipinski definition) is 4. The summed E-state index contributed by atoms with van der Waals surface area (Å²) in [6.45, 7) is 7.41. The number of nitrogens with zero attached hydrogens (tertiary/aromatic N) is 1. The summed E-state index contributed by atoms with van der Waals surface area (Å²) in [5, 5.41) is 3.10. The number of carbonyl (C=O) groups excluding carboxylic acids is 1. The molecule has 1 aliphatic heterocycles. The van der Waals surface area contributed by atoms with E-state index in [9.17, 15) is 4.79 Å². The average Bonchev–Trinajstić information content (AvgIpc) is 2.65. The molecule has 0 unspecified atom stereocenters. The number of thioether (sulfide) groups is 2. The van der Waals surface area contributed by atoms with Crippen molar-refractivity contribution < 1.29 is 4.79 Å². The van der Waals surface area contributed by atoms with E-state index < -0.39 is 0 Å². The normalized spacial score (nSPS) is 14.9. The van der Waals surface area contributed by atoms with Crippen LogP contribution in [0.1, 0.15) is 22.3 Å². The zero-order valence-electron chi connectivity index (χ0n) is 16.2. The highest BCUT2D eigenvalue weighted by molar-refractivity contribution is 7.99. The first kappa shape index (κ1) is 20.3. The number of benzene rings is 2. The Hall–Kier alpha value is -1.43. The molecule has 0 atom stereocenters. The molecule has 0 saturated carbocycles. The number of rotatable bonds is 7. The van der Waals surface area contributed by atoms with Gasteiger partial charge in [0.15, 0.2) is 0 Å². The van der Waals surface area contributed by atoms with Gasteiger partial charge in [0.25, 0.3) is 0 Å². The predicted octanol–water partition coefficient (Wildman–Crippen LogP) is 4.72. The first-order chi connectivity index (χ1) is 13.1. The van der Waals surface area contributed by atoms with Crippen molar-refractivity contribution in [3.8, 4) is 0 Å². The molecule has 1 amide bonds. The van der Waals surface area contributed by atoms with E-state index in [4.69, 9.17) is 0 Å². The summed E-state index contributed by atoms with van der Waals surface area (Å²) < 4.78 is 0. The summed E-state index contributed by atoms with van der Waals surface area (Å²) in [6.07, 6.45) is 0. The summed E-state index contributed by atoms with van der Waals surface area (Å²) >= 11 is 3.69. The number of nitrogens with one attached hydrogen (secondary N) is 1. The SMILES string of the molecule is Cc1cccc(CSCC(=O)Nc2cc(CN3CCSCC3)ccc2C)c1. The van der Waals surface area contributed by atoms with E-state index in [-0.39, 0.29) is 5.91 Å². The Morgan fingerprint density at radius 2 is 1.93 bits per heavy atom. The minimum Gasteiger partial charge on any atom is -0.325 e. The molecule has 1 fully saturated rings. The van der Waals surface area contributed by atoms with E-state index in [1.54, 1.807) is 11.8 Å². The lowest BCUT2D eigenvalue weighted by Gasteiger charge is -2.26. The summed E-state index contributed by atoms with van der Waals surface area (Å²) in [4.78, 5) is 14.9. The first-order valence-corrected chi connectivity index (χ1v) is 11.7. The van der Waals surface area contributed by atoms with Crippen molar-refractivity contribution in [2.75, 3.05) is 35.7 Å². The Kier molecular flexibility index (Phi) is 7.68. The van der Waals surface area contributed by atoms with Crippen molar-refractivity contribution in [3.63, 3.8) is 0 Å². The molecular formula is C22H28N2OS2. The fraction of sp³-hybridized carbons (Fsp3) is 0.409. The molecule has 0 aromatic heterocycles. The Balaban J connectivity index is 1.51. The second kappa shape index (κ2) is 10.2. The van der Waals surface area contributed by atoms with Crippen LogP contribution in [0.25, 0.3) is 0 Å². The third-order valence-corrected chi connectivity index (χ3v) is 6.62. The maximum absolute atomic E-state index is 12.4. The molecule has 27 heavy (non-hydrogen) atoms. The highest BCUT2D eigenvalue weighted by Crippen LogP contribution is 2.21. The van der Waals surface area contributed by atoms with E-state index in [2.05, 4.69) is 66.5 Å². The molecule has 3 rings (SSSR count). The molecule has 0 radical (unpaired) electrons. The van der Waals surface area contributed by atoms with E-state index in [1.807, 2.05) is 11.8 Å². The number of carbonyl (C=O) groups is 1. The first-order valence-electron chi connectivity index (χ1n) is 9.43. The molecule has 1 aliphatic rings. The van der Waals surface area contributed by atoms with Crippen LogP contribution in [0.3, 0.4) is 0 Å². The molecule has 0 aliphatic carbocycles. The Bertz CT molecular complexity index is 773. The van der Waals surface area contributed by atoms with Gasteiger partial charge >= 0.3 is 0 Å². The molecule has 3 nitrogen and oxygen atoms in total. The fourth-order valence-electron chi connectivity index (χ4n) is 3.17. The zero-order valence-corrected chi connectivity index (χ0v) is 17.8. The van der Waals surface area contributed by atoms with Gasteiger partial charge in [-0.25, -0.2) is 0 Å². The molecule has 0 spiro atoms. The van der Waals surface area contributed by atoms with Gasteiger partial charge in [-0.2, -0.15) is 11.8 Å². The van der Waals surface area contributed by atoms with E-state index in [0.717, 1.165) is 36.6 Å². The minimum absolute atomic E-state index is 0.0716. The maximum atomic E-state index is 12.4. The average molecular weight is 401 g/mol. The molecule has 0 bridgehead atoms. The molecule has 2 aromatic carbocycles. The highest BCUT2D eigenvalue weighted by Gasteiger charge is 2.12. The van der Waals surface area contributed by atoms with Gasteiger partial charge in [0, 0.05) is 42.6 Å². The second-order valence-electron chi connectivity index (χ2n) is 7.07. The van der Waals surface area contributed by atoms with Crippen LogP contribution in [0, 0.1) is 13.8 Å². The van der Waals surface area contributed by atoms with E-state index in [0.29, 0.717) is 5.75 Å². The Labute approximate surface area is 171 Å². The van der Waals surface area contributed by atoms with Gasteiger partial charge in [-0.1, -0.05) is 42.0 Å². The highest BCUT2D eigenvalue weighted by atomic mass is 32.2. The summed E-state index contributed by atoms with van der Waals surface area (Å²) in [7, 11) is 0. The fourth-order valence-corrected chi connectivity index (χ4v) is 4.92. The molecule has 144 valence electrons. The number of aryl methyl sites for hydroxylation is 2.